The number of rotatable bonds is 5. The maximum Gasteiger partial charge on any atom is 0.253 e. The van der Waals surface area contributed by atoms with E-state index in [9.17, 15) is 4.79 Å². The van der Waals surface area contributed by atoms with Crippen molar-refractivity contribution in [3.8, 4) is 0 Å². The molecule has 1 aromatic carbocycles. The molecule has 0 aromatic heterocycles. The van der Waals surface area contributed by atoms with E-state index in [4.69, 9.17) is 5.73 Å². The highest BCUT2D eigenvalue weighted by Gasteiger charge is 2.34. The molecule has 116 valence electrons. The standard InChI is InChI=1S/C18H28N2O/c1-13(2)11-18(9-4-5-10-18)12-20-17(21)16-14(3)7-6-8-15(16)19/h6-8,13H,4-5,9-12,19H2,1-3H3,(H,20,21). The number of amides is 1. The Morgan fingerprint density at radius 3 is 2.57 bits per heavy atom. The van der Waals surface area contributed by atoms with Gasteiger partial charge in [-0.15, -0.1) is 0 Å². The summed E-state index contributed by atoms with van der Waals surface area (Å²) in [6.07, 6.45) is 6.23. The van der Waals surface area contributed by atoms with E-state index in [1.807, 2.05) is 19.1 Å². The average molecular weight is 288 g/mol. The highest BCUT2D eigenvalue weighted by Crippen LogP contribution is 2.42. The second-order valence-electron chi connectivity index (χ2n) is 7.03. The van der Waals surface area contributed by atoms with Gasteiger partial charge in [0, 0.05) is 12.2 Å². The number of nitrogens with two attached hydrogens (primary N) is 1. The number of carbonyl (C=O) groups excluding carboxylic acids is 1. The zero-order chi connectivity index (χ0) is 15.5. The smallest absolute Gasteiger partial charge is 0.253 e. The molecule has 0 bridgehead atoms. The van der Waals surface area contributed by atoms with E-state index >= 15 is 0 Å². The van der Waals surface area contributed by atoms with Gasteiger partial charge in [-0.3, -0.25) is 4.79 Å². The molecule has 0 spiro atoms. The summed E-state index contributed by atoms with van der Waals surface area (Å²) in [6, 6.07) is 5.62. The van der Waals surface area contributed by atoms with Gasteiger partial charge in [-0.25, -0.2) is 0 Å². The summed E-state index contributed by atoms with van der Waals surface area (Å²) in [6.45, 7) is 7.24. The van der Waals surface area contributed by atoms with Crippen LogP contribution >= 0.6 is 0 Å². The summed E-state index contributed by atoms with van der Waals surface area (Å²) in [5.41, 5.74) is 8.39. The van der Waals surface area contributed by atoms with Crippen LogP contribution in [0.15, 0.2) is 18.2 Å². The van der Waals surface area contributed by atoms with Gasteiger partial charge in [0.2, 0.25) is 0 Å². The molecule has 3 N–H and O–H groups in total. The Morgan fingerprint density at radius 2 is 2.00 bits per heavy atom. The Labute approximate surface area is 128 Å². The first kappa shape index (κ1) is 15.9. The highest BCUT2D eigenvalue weighted by atomic mass is 16.1. The van der Waals surface area contributed by atoms with Gasteiger partial charge in [0.15, 0.2) is 0 Å². The van der Waals surface area contributed by atoms with Crippen molar-refractivity contribution in [3.05, 3.63) is 29.3 Å². The zero-order valence-corrected chi connectivity index (χ0v) is 13.5. The summed E-state index contributed by atoms with van der Waals surface area (Å²) in [5.74, 6) is 0.643. The van der Waals surface area contributed by atoms with Crippen LogP contribution in [0.1, 0.15) is 61.9 Å². The molecule has 0 heterocycles. The molecule has 2 rings (SSSR count). The monoisotopic (exact) mass is 288 g/mol. The van der Waals surface area contributed by atoms with Crippen LogP contribution in [0.4, 0.5) is 5.69 Å². The maximum atomic E-state index is 12.5. The first-order valence-electron chi connectivity index (χ1n) is 8.07. The molecular weight excluding hydrogens is 260 g/mol. The predicted octanol–water partition coefficient (Wildman–Crippen LogP) is 3.91. The number of nitrogens with one attached hydrogen (secondary N) is 1. The molecular formula is C18H28N2O. The molecule has 1 aromatic rings. The van der Waals surface area contributed by atoms with Crippen molar-refractivity contribution in [1.82, 2.24) is 5.32 Å². The molecule has 1 aliphatic rings. The lowest BCUT2D eigenvalue weighted by atomic mass is 9.78. The second-order valence-corrected chi connectivity index (χ2v) is 7.03. The van der Waals surface area contributed by atoms with Crippen LogP contribution in [0.25, 0.3) is 0 Å². The van der Waals surface area contributed by atoms with Gasteiger partial charge in [-0.1, -0.05) is 38.8 Å². The first-order valence-corrected chi connectivity index (χ1v) is 8.07. The minimum Gasteiger partial charge on any atom is -0.398 e. The van der Waals surface area contributed by atoms with E-state index in [-0.39, 0.29) is 5.91 Å². The molecule has 1 fully saturated rings. The van der Waals surface area contributed by atoms with Crippen LogP contribution < -0.4 is 11.1 Å². The lowest BCUT2D eigenvalue weighted by Gasteiger charge is -2.31. The van der Waals surface area contributed by atoms with E-state index < -0.39 is 0 Å². The second kappa shape index (κ2) is 6.50. The number of aryl methyl sites for hydroxylation is 1. The van der Waals surface area contributed by atoms with Crippen LogP contribution in [0.3, 0.4) is 0 Å². The third-order valence-corrected chi connectivity index (χ3v) is 4.66. The van der Waals surface area contributed by atoms with Gasteiger partial charge < -0.3 is 11.1 Å². The topological polar surface area (TPSA) is 55.1 Å². The molecule has 1 aliphatic carbocycles. The Morgan fingerprint density at radius 1 is 1.33 bits per heavy atom. The third-order valence-electron chi connectivity index (χ3n) is 4.66. The van der Waals surface area contributed by atoms with Crippen molar-refractivity contribution < 1.29 is 4.79 Å². The number of carbonyl (C=O) groups is 1. The van der Waals surface area contributed by atoms with Gasteiger partial charge in [-0.05, 0) is 49.1 Å². The molecule has 21 heavy (non-hydrogen) atoms. The highest BCUT2D eigenvalue weighted by molar-refractivity contribution is 6.00. The number of nitrogen functional groups attached to an aromatic ring is 1. The fourth-order valence-corrected chi connectivity index (χ4v) is 3.80. The summed E-state index contributed by atoms with van der Waals surface area (Å²) in [4.78, 5) is 12.5. The summed E-state index contributed by atoms with van der Waals surface area (Å²) < 4.78 is 0. The van der Waals surface area contributed by atoms with Crippen molar-refractivity contribution in [1.29, 1.82) is 0 Å². The van der Waals surface area contributed by atoms with E-state index in [0.29, 0.717) is 22.6 Å². The average Bonchev–Trinajstić information content (AvgIpc) is 2.84. The van der Waals surface area contributed by atoms with Crippen LogP contribution in [-0.2, 0) is 0 Å². The molecule has 1 saturated carbocycles. The first-order chi connectivity index (χ1) is 9.93. The molecule has 0 aliphatic heterocycles. The Kier molecular flexibility index (Phi) is 4.92. The van der Waals surface area contributed by atoms with Crippen molar-refractivity contribution >= 4 is 11.6 Å². The normalized spacial score (nSPS) is 17.1. The lowest BCUT2D eigenvalue weighted by molar-refractivity contribution is 0.0922. The van der Waals surface area contributed by atoms with Crippen LogP contribution in [0.2, 0.25) is 0 Å². The molecule has 3 nitrogen and oxygen atoms in total. The van der Waals surface area contributed by atoms with Gasteiger partial charge in [0.25, 0.3) is 5.91 Å². The minimum absolute atomic E-state index is 0.0272. The maximum absolute atomic E-state index is 12.5. The molecule has 1 amide bonds. The van der Waals surface area contributed by atoms with Crippen molar-refractivity contribution in [3.63, 3.8) is 0 Å². The van der Waals surface area contributed by atoms with Crippen LogP contribution in [0.5, 0.6) is 0 Å². The number of hydrogen-bond acceptors (Lipinski definition) is 2. The van der Waals surface area contributed by atoms with E-state index in [2.05, 4.69) is 19.2 Å². The van der Waals surface area contributed by atoms with Gasteiger partial charge in [-0.2, -0.15) is 0 Å². The van der Waals surface area contributed by atoms with Crippen LogP contribution in [-0.4, -0.2) is 12.5 Å². The largest absolute Gasteiger partial charge is 0.398 e. The zero-order valence-electron chi connectivity index (χ0n) is 13.5. The fraction of sp³-hybridized carbons (Fsp3) is 0.611. The van der Waals surface area contributed by atoms with E-state index in [1.165, 1.54) is 32.1 Å². The number of hydrogen-bond donors (Lipinski definition) is 2. The fourth-order valence-electron chi connectivity index (χ4n) is 3.80. The van der Waals surface area contributed by atoms with Crippen molar-refractivity contribution in [2.45, 2.75) is 52.9 Å². The van der Waals surface area contributed by atoms with E-state index in [0.717, 1.165) is 12.1 Å². The summed E-state index contributed by atoms with van der Waals surface area (Å²) >= 11 is 0. The van der Waals surface area contributed by atoms with Crippen LogP contribution in [0, 0.1) is 18.3 Å². The van der Waals surface area contributed by atoms with Gasteiger partial charge >= 0.3 is 0 Å². The molecule has 0 atom stereocenters. The number of anilines is 1. The van der Waals surface area contributed by atoms with Gasteiger partial charge in [0.1, 0.15) is 0 Å². The Balaban J connectivity index is 2.06. The molecule has 0 unspecified atom stereocenters. The Hall–Kier alpha value is -1.51. The molecule has 3 heteroatoms. The van der Waals surface area contributed by atoms with Gasteiger partial charge in [0.05, 0.1) is 5.56 Å². The van der Waals surface area contributed by atoms with Crippen molar-refractivity contribution in [2.75, 3.05) is 12.3 Å². The molecule has 0 saturated heterocycles. The van der Waals surface area contributed by atoms with E-state index in [1.54, 1.807) is 6.07 Å². The number of benzene rings is 1. The molecule has 0 radical (unpaired) electrons. The SMILES string of the molecule is Cc1cccc(N)c1C(=O)NCC1(CC(C)C)CCCC1. The van der Waals surface area contributed by atoms with Crippen molar-refractivity contribution in [2.24, 2.45) is 11.3 Å². The quantitative estimate of drug-likeness (QED) is 0.807. The lowest BCUT2D eigenvalue weighted by Crippen LogP contribution is -2.37. The third kappa shape index (κ3) is 3.78. The predicted molar refractivity (Wildman–Crippen MR) is 88.3 cm³/mol. The summed E-state index contributed by atoms with van der Waals surface area (Å²) in [7, 11) is 0. The summed E-state index contributed by atoms with van der Waals surface area (Å²) in [5, 5.41) is 3.15. The Bertz CT molecular complexity index is 482. The minimum atomic E-state index is -0.0272.